The van der Waals surface area contributed by atoms with Gasteiger partial charge in [-0.2, -0.15) is 0 Å². The summed E-state index contributed by atoms with van der Waals surface area (Å²) < 4.78 is 5.27. The minimum Gasteiger partial charge on any atom is -0.508 e. The Labute approximate surface area is 194 Å². The molecule has 2 rings (SSSR count). The molecule has 0 aliphatic heterocycles. The van der Waals surface area contributed by atoms with Crippen LogP contribution in [0.2, 0.25) is 0 Å². The van der Waals surface area contributed by atoms with Gasteiger partial charge in [0.2, 0.25) is 5.91 Å². The van der Waals surface area contributed by atoms with Gasteiger partial charge in [0.1, 0.15) is 17.4 Å². The van der Waals surface area contributed by atoms with E-state index in [4.69, 9.17) is 4.74 Å². The summed E-state index contributed by atoms with van der Waals surface area (Å²) in [6, 6.07) is 8.48. The van der Waals surface area contributed by atoms with Gasteiger partial charge in [-0.15, -0.1) is 0 Å². The highest BCUT2D eigenvalue weighted by Crippen LogP contribution is 2.33. The van der Waals surface area contributed by atoms with Gasteiger partial charge < -0.3 is 25.6 Å². The van der Waals surface area contributed by atoms with Crippen LogP contribution in [-0.4, -0.2) is 39.8 Å². The van der Waals surface area contributed by atoms with Crippen LogP contribution in [0.1, 0.15) is 62.9 Å². The molecule has 0 heterocycles. The van der Waals surface area contributed by atoms with Crippen LogP contribution in [0.15, 0.2) is 36.4 Å². The van der Waals surface area contributed by atoms with Crippen molar-refractivity contribution in [3.8, 4) is 16.9 Å². The van der Waals surface area contributed by atoms with E-state index in [1.807, 2.05) is 6.92 Å². The van der Waals surface area contributed by atoms with Crippen LogP contribution in [-0.2, 0) is 9.53 Å². The standard InChI is InChI=1S/C25H32N2O6/c1-6-7-10-20(27-24(32)33-25(3,4)5)22(29)26-16-12-13-18(23(30)31)19(14-16)17-9-8-11-21(28)15(17)2/h8-9,11-14,20,28H,6-7,10H2,1-5H3,(H,26,29)(H,27,32)(H,30,31)/t20-/m0/s1. The summed E-state index contributed by atoms with van der Waals surface area (Å²) in [6.07, 6.45) is 1.30. The number of alkyl carbamates (subject to hydrolysis) is 1. The second-order valence-corrected chi connectivity index (χ2v) is 8.85. The molecule has 0 bridgehead atoms. The molecule has 178 valence electrons. The average Bonchev–Trinajstić information content (AvgIpc) is 2.71. The number of carbonyl (C=O) groups is 3. The number of ether oxygens (including phenoxy) is 1. The van der Waals surface area contributed by atoms with E-state index in [9.17, 15) is 24.6 Å². The number of phenolic OH excluding ortho intramolecular Hbond substituents is 1. The first-order valence-corrected chi connectivity index (χ1v) is 10.9. The summed E-state index contributed by atoms with van der Waals surface area (Å²) >= 11 is 0. The monoisotopic (exact) mass is 456 g/mol. The third-order valence-electron chi connectivity index (χ3n) is 4.97. The Kier molecular flexibility index (Phi) is 8.45. The minimum atomic E-state index is -1.13. The summed E-state index contributed by atoms with van der Waals surface area (Å²) in [6.45, 7) is 8.89. The van der Waals surface area contributed by atoms with Crippen molar-refractivity contribution >= 4 is 23.7 Å². The van der Waals surface area contributed by atoms with Gasteiger partial charge in [0.15, 0.2) is 0 Å². The Balaban J connectivity index is 2.33. The third-order valence-corrected chi connectivity index (χ3v) is 4.97. The number of anilines is 1. The van der Waals surface area contributed by atoms with Crippen LogP contribution in [0.5, 0.6) is 5.75 Å². The fourth-order valence-corrected chi connectivity index (χ4v) is 3.30. The molecule has 8 nitrogen and oxygen atoms in total. The first-order valence-electron chi connectivity index (χ1n) is 10.9. The lowest BCUT2D eigenvalue weighted by Crippen LogP contribution is -2.45. The predicted octanol–water partition coefficient (Wildman–Crippen LogP) is 5.09. The molecule has 0 saturated heterocycles. The summed E-state index contributed by atoms with van der Waals surface area (Å²) in [7, 11) is 0. The predicted molar refractivity (Wildman–Crippen MR) is 127 cm³/mol. The third kappa shape index (κ3) is 7.24. The topological polar surface area (TPSA) is 125 Å². The Bertz CT molecular complexity index is 1030. The van der Waals surface area contributed by atoms with Crippen LogP contribution in [0.3, 0.4) is 0 Å². The maximum atomic E-state index is 13.0. The van der Waals surface area contributed by atoms with Gasteiger partial charge in [-0.3, -0.25) is 4.79 Å². The first-order chi connectivity index (χ1) is 15.4. The number of hydrogen-bond acceptors (Lipinski definition) is 5. The molecule has 2 aromatic carbocycles. The van der Waals surface area contributed by atoms with Gasteiger partial charge in [-0.05, 0) is 75.1 Å². The summed E-state index contributed by atoms with van der Waals surface area (Å²) in [5.74, 6) is -1.52. The second kappa shape index (κ2) is 10.8. The number of aromatic carboxylic acids is 1. The maximum Gasteiger partial charge on any atom is 0.408 e. The number of hydrogen-bond donors (Lipinski definition) is 4. The van der Waals surface area contributed by atoms with E-state index in [2.05, 4.69) is 10.6 Å². The molecule has 0 fully saturated rings. The van der Waals surface area contributed by atoms with E-state index in [1.54, 1.807) is 45.9 Å². The summed E-state index contributed by atoms with van der Waals surface area (Å²) in [5.41, 5.74) is 1.13. The first kappa shape index (κ1) is 25.7. The van der Waals surface area contributed by atoms with Crippen LogP contribution in [0.25, 0.3) is 11.1 Å². The van der Waals surface area contributed by atoms with Gasteiger partial charge in [0.25, 0.3) is 0 Å². The van der Waals surface area contributed by atoms with Crippen molar-refractivity contribution in [2.75, 3.05) is 5.32 Å². The van der Waals surface area contributed by atoms with E-state index in [0.717, 1.165) is 12.8 Å². The molecule has 0 spiro atoms. The van der Waals surface area contributed by atoms with Gasteiger partial charge in [0.05, 0.1) is 5.56 Å². The zero-order chi connectivity index (χ0) is 24.8. The maximum absolute atomic E-state index is 13.0. The molecular weight excluding hydrogens is 424 g/mol. The summed E-state index contributed by atoms with van der Waals surface area (Å²) in [4.78, 5) is 37.0. The molecule has 33 heavy (non-hydrogen) atoms. The van der Waals surface area contributed by atoms with Crippen molar-refractivity contribution in [1.82, 2.24) is 5.32 Å². The molecule has 0 aromatic heterocycles. The highest BCUT2D eigenvalue weighted by Gasteiger charge is 2.25. The van der Waals surface area contributed by atoms with Gasteiger partial charge in [-0.25, -0.2) is 9.59 Å². The number of phenols is 1. The molecule has 2 amide bonds. The van der Waals surface area contributed by atoms with Crippen LogP contribution in [0.4, 0.5) is 10.5 Å². The minimum absolute atomic E-state index is 0.0381. The smallest absolute Gasteiger partial charge is 0.408 e. The quantitative estimate of drug-likeness (QED) is 0.439. The summed E-state index contributed by atoms with van der Waals surface area (Å²) in [5, 5.41) is 25.1. The van der Waals surface area contributed by atoms with Crippen molar-refractivity contribution in [2.24, 2.45) is 0 Å². The Hall–Kier alpha value is -3.55. The number of carboxylic acids is 1. The number of unbranched alkanes of at least 4 members (excludes halogenated alkanes) is 1. The molecule has 8 heteroatoms. The van der Waals surface area contributed by atoms with Crippen LogP contribution in [0, 0.1) is 6.92 Å². The van der Waals surface area contributed by atoms with Crippen molar-refractivity contribution < 1.29 is 29.3 Å². The van der Waals surface area contributed by atoms with Crippen molar-refractivity contribution in [1.29, 1.82) is 0 Å². The highest BCUT2D eigenvalue weighted by molar-refractivity contribution is 6.01. The fourth-order valence-electron chi connectivity index (χ4n) is 3.30. The van der Waals surface area contributed by atoms with Crippen molar-refractivity contribution in [2.45, 2.75) is 65.5 Å². The molecule has 0 saturated carbocycles. The van der Waals surface area contributed by atoms with Crippen molar-refractivity contribution in [3.63, 3.8) is 0 Å². The zero-order valence-electron chi connectivity index (χ0n) is 19.7. The number of nitrogens with one attached hydrogen (secondary N) is 2. The van der Waals surface area contributed by atoms with Crippen molar-refractivity contribution in [3.05, 3.63) is 47.5 Å². The number of carbonyl (C=O) groups excluding carboxylic acids is 2. The molecule has 0 aliphatic rings. The normalized spacial score (nSPS) is 12.0. The number of amides is 2. The van der Waals surface area contributed by atoms with Gasteiger partial charge in [-0.1, -0.05) is 31.9 Å². The average molecular weight is 457 g/mol. The number of rotatable bonds is 8. The molecular formula is C25H32N2O6. The lowest BCUT2D eigenvalue weighted by molar-refractivity contribution is -0.118. The van der Waals surface area contributed by atoms with Crippen LogP contribution >= 0.6 is 0 Å². The lowest BCUT2D eigenvalue weighted by atomic mass is 9.95. The molecule has 0 unspecified atom stereocenters. The zero-order valence-corrected chi connectivity index (χ0v) is 19.7. The highest BCUT2D eigenvalue weighted by atomic mass is 16.6. The van der Waals surface area contributed by atoms with E-state index < -0.39 is 29.6 Å². The molecule has 2 aromatic rings. The SMILES string of the molecule is CCCC[C@H](NC(=O)OC(C)(C)C)C(=O)Nc1ccc(C(=O)O)c(-c2cccc(O)c2C)c1. The second-order valence-electron chi connectivity index (χ2n) is 8.85. The Morgan fingerprint density at radius 1 is 1.09 bits per heavy atom. The number of carboxylic acid groups (broad SMARTS) is 1. The number of benzene rings is 2. The molecule has 1 atom stereocenters. The fraction of sp³-hybridized carbons (Fsp3) is 0.400. The largest absolute Gasteiger partial charge is 0.508 e. The molecule has 0 aliphatic carbocycles. The van der Waals surface area contributed by atoms with E-state index in [0.29, 0.717) is 28.8 Å². The lowest BCUT2D eigenvalue weighted by Gasteiger charge is -2.23. The van der Waals surface area contributed by atoms with E-state index >= 15 is 0 Å². The van der Waals surface area contributed by atoms with Gasteiger partial charge >= 0.3 is 12.1 Å². The Morgan fingerprint density at radius 2 is 1.79 bits per heavy atom. The van der Waals surface area contributed by atoms with Gasteiger partial charge in [0, 0.05) is 5.69 Å². The van der Waals surface area contributed by atoms with E-state index in [1.165, 1.54) is 18.2 Å². The molecule has 0 radical (unpaired) electrons. The van der Waals surface area contributed by atoms with E-state index in [-0.39, 0.29) is 11.3 Å². The van der Waals surface area contributed by atoms with Crippen LogP contribution < -0.4 is 10.6 Å². The Morgan fingerprint density at radius 3 is 2.39 bits per heavy atom. The number of aromatic hydroxyl groups is 1. The molecule has 4 N–H and O–H groups in total.